The van der Waals surface area contributed by atoms with Gasteiger partial charge in [-0.3, -0.25) is 0 Å². The summed E-state index contributed by atoms with van der Waals surface area (Å²) >= 11 is 0. The molecule has 8 rings (SSSR count). The quantitative estimate of drug-likeness (QED) is 0.0613. The van der Waals surface area contributed by atoms with Gasteiger partial charge in [0.1, 0.15) is 80.0 Å². The first-order valence-corrected chi connectivity index (χ1v) is 21.9. The molecule has 61 heavy (non-hydrogen) atoms. The number of ether oxygens (including phenoxy) is 8. The molecule has 0 amide bonds. The van der Waals surface area contributed by atoms with Crippen molar-refractivity contribution >= 4 is 12.3 Å². The summed E-state index contributed by atoms with van der Waals surface area (Å²) in [7, 11) is 1.36. The van der Waals surface area contributed by atoms with Crippen molar-refractivity contribution in [1.82, 2.24) is 0 Å². The number of cyclic esters (lactones) is 1. The zero-order valence-electron chi connectivity index (χ0n) is 34.8. The lowest BCUT2D eigenvalue weighted by Gasteiger charge is -2.63. The molecule has 346 valence electrons. The van der Waals surface area contributed by atoms with E-state index in [4.69, 9.17) is 37.9 Å². The zero-order valence-corrected chi connectivity index (χ0v) is 34.8. The van der Waals surface area contributed by atoms with Crippen molar-refractivity contribution in [2.45, 2.75) is 175 Å². The molecule has 7 fully saturated rings. The number of aliphatic hydroxyl groups is 9. The largest absolute Gasteiger partial charge is 0.458 e. The van der Waals surface area contributed by atoms with Crippen LogP contribution < -0.4 is 0 Å². The molecule has 9 N–H and O–H groups in total. The minimum atomic E-state index is -1.79. The van der Waals surface area contributed by atoms with Gasteiger partial charge in [-0.25, -0.2) is 4.79 Å². The number of fused-ring (bicyclic) bond motifs is 5. The maximum Gasteiger partial charge on any atom is 0.331 e. The van der Waals surface area contributed by atoms with Crippen LogP contribution in [0.25, 0.3) is 0 Å². The van der Waals surface area contributed by atoms with E-state index in [-0.39, 0.29) is 42.4 Å². The second-order valence-electron chi connectivity index (χ2n) is 19.1. The van der Waals surface area contributed by atoms with Crippen molar-refractivity contribution < 1.29 is 93.4 Å². The van der Waals surface area contributed by atoms with Crippen LogP contribution >= 0.6 is 0 Å². The van der Waals surface area contributed by atoms with Gasteiger partial charge in [-0.15, -0.1) is 0 Å². The summed E-state index contributed by atoms with van der Waals surface area (Å²) in [6, 6.07) is 0. The van der Waals surface area contributed by atoms with Crippen LogP contribution in [0, 0.1) is 34.5 Å². The van der Waals surface area contributed by atoms with Crippen molar-refractivity contribution in [3.8, 4) is 0 Å². The first-order chi connectivity index (χ1) is 29.0. The number of hydrogen-bond acceptors (Lipinski definition) is 19. The summed E-state index contributed by atoms with van der Waals surface area (Å²) in [6.45, 7) is 2.83. The molecule has 4 aliphatic carbocycles. The Labute approximate surface area is 353 Å². The molecule has 0 bridgehead atoms. The fraction of sp³-hybridized carbons (Fsp3) is 0.905. The predicted molar refractivity (Wildman–Crippen MR) is 203 cm³/mol. The van der Waals surface area contributed by atoms with Gasteiger partial charge in [0.15, 0.2) is 18.9 Å². The van der Waals surface area contributed by atoms with Crippen LogP contribution in [-0.2, 0) is 47.5 Å². The van der Waals surface area contributed by atoms with Gasteiger partial charge >= 0.3 is 5.97 Å². The van der Waals surface area contributed by atoms with E-state index in [1.807, 2.05) is 0 Å². The Morgan fingerprint density at radius 2 is 1.46 bits per heavy atom. The highest BCUT2D eigenvalue weighted by Crippen LogP contribution is 2.69. The fourth-order valence-corrected chi connectivity index (χ4v) is 12.9. The van der Waals surface area contributed by atoms with E-state index in [0.29, 0.717) is 25.7 Å². The lowest BCUT2D eigenvalue weighted by molar-refractivity contribution is -0.367. The summed E-state index contributed by atoms with van der Waals surface area (Å²) in [6.07, 6.45) is -13.2. The molecule has 19 nitrogen and oxygen atoms in total. The number of rotatable bonds is 11. The average molecular weight is 873 g/mol. The Hall–Kier alpha value is -1.76. The number of carbonyl (C=O) groups excluding carboxylic acids is 2. The van der Waals surface area contributed by atoms with Crippen molar-refractivity contribution in [1.29, 1.82) is 0 Å². The van der Waals surface area contributed by atoms with Gasteiger partial charge in [0.2, 0.25) is 0 Å². The van der Waals surface area contributed by atoms with Gasteiger partial charge < -0.3 is 88.6 Å². The van der Waals surface area contributed by atoms with Crippen LogP contribution in [0.1, 0.15) is 71.6 Å². The minimum Gasteiger partial charge on any atom is -0.458 e. The molecule has 4 heterocycles. The van der Waals surface area contributed by atoms with Crippen LogP contribution in [0.15, 0.2) is 11.6 Å². The third kappa shape index (κ3) is 7.64. The monoisotopic (exact) mass is 872 g/mol. The molecule has 0 aromatic carbocycles. The third-order valence-corrected chi connectivity index (χ3v) is 16.3. The molecule has 3 saturated heterocycles. The second kappa shape index (κ2) is 17.6. The summed E-state index contributed by atoms with van der Waals surface area (Å²) in [5.41, 5.74) is -1.07. The second-order valence-corrected chi connectivity index (χ2v) is 19.1. The number of hydrogen-bond donors (Lipinski definition) is 9. The van der Waals surface area contributed by atoms with Crippen LogP contribution in [0.5, 0.6) is 0 Å². The van der Waals surface area contributed by atoms with Gasteiger partial charge in [-0.1, -0.05) is 6.92 Å². The third-order valence-electron chi connectivity index (χ3n) is 16.3. The van der Waals surface area contributed by atoms with Crippen molar-refractivity contribution in [3.05, 3.63) is 11.6 Å². The van der Waals surface area contributed by atoms with E-state index in [0.717, 1.165) is 44.0 Å². The number of carbonyl (C=O) groups is 2. The van der Waals surface area contributed by atoms with Gasteiger partial charge in [0, 0.05) is 24.0 Å². The highest BCUT2D eigenvalue weighted by Gasteiger charge is 2.69. The van der Waals surface area contributed by atoms with Crippen molar-refractivity contribution in [2.24, 2.45) is 34.5 Å². The van der Waals surface area contributed by atoms with E-state index in [9.17, 15) is 55.5 Å². The standard InChI is InChI=1S/C42H64O19/c1-18-35(61-38-33(51)31(49)29(47)26(60-38)16-56-37-32(50)30(48)28(46)25(14-43)59-37)36(54-3)34(52)39(57-18)58-21-6-10-41(17-44)20(13-21)4-5-24-23(41)7-9-40(2)22(8-11-42(24,40)53)19-12-27(45)55-15-19/h12,17-18,20-26,28-39,43,46-53H,4-11,13-16H2,1-3H3/t18-,20+,21-,22+,23?,24?,25+,26+,28+,29+,30-,31-,32+,33+,34-,35-,36-,37+,38-,39-,40+,41+,42-/m0/s1. The average Bonchev–Trinajstić information content (AvgIpc) is 3.80. The van der Waals surface area contributed by atoms with E-state index >= 15 is 0 Å². The van der Waals surface area contributed by atoms with Crippen molar-refractivity contribution in [3.63, 3.8) is 0 Å². The van der Waals surface area contributed by atoms with Crippen LogP contribution in [-0.4, -0.2) is 189 Å². The molecule has 8 aliphatic rings. The van der Waals surface area contributed by atoms with Crippen molar-refractivity contribution in [2.75, 3.05) is 26.9 Å². The molecule has 0 aromatic heterocycles. The molecule has 4 aliphatic heterocycles. The van der Waals surface area contributed by atoms with Gasteiger partial charge in [-0.2, -0.15) is 0 Å². The topological polar surface area (TPSA) is 290 Å². The lowest BCUT2D eigenvalue weighted by Crippen LogP contribution is -2.65. The highest BCUT2D eigenvalue weighted by atomic mass is 16.8. The van der Waals surface area contributed by atoms with Gasteiger partial charge in [-0.05, 0) is 94.0 Å². The Bertz CT molecular complexity index is 1620. The van der Waals surface area contributed by atoms with Crippen LogP contribution in [0.4, 0.5) is 0 Å². The number of aliphatic hydroxyl groups excluding tert-OH is 8. The molecule has 0 aromatic rings. The van der Waals surface area contributed by atoms with E-state index < -0.39 is 122 Å². The maximum absolute atomic E-state index is 13.3. The normalized spacial score (nSPS) is 53.6. The molecule has 0 radical (unpaired) electrons. The molecule has 0 spiro atoms. The minimum absolute atomic E-state index is 0.000150. The summed E-state index contributed by atoms with van der Waals surface area (Å²) < 4.78 is 46.4. The number of methoxy groups -OCH3 is 1. The smallest absolute Gasteiger partial charge is 0.331 e. The van der Waals surface area contributed by atoms with Crippen LogP contribution in [0.3, 0.4) is 0 Å². The first kappa shape index (κ1) is 45.8. The Morgan fingerprint density at radius 3 is 2.13 bits per heavy atom. The molecular formula is C42H64O19. The molecule has 4 saturated carbocycles. The lowest BCUT2D eigenvalue weighted by atomic mass is 9.43. The van der Waals surface area contributed by atoms with E-state index in [1.54, 1.807) is 13.0 Å². The first-order valence-electron chi connectivity index (χ1n) is 21.9. The predicted octanol–water partition coefficient (Wildman–Crippen LogP) is -2.06. The Kier molecular flexibility index (Phi) is 13.2. The SMILES string of the molecule is CO[C@H]1[C@H](O)[C@H](O[C@H]2CC[C@]3(C=O)C4CC[C@]5(C)[C@@H](C6=CC(=O)OC6)CC[C@]5(O)C4CC[C@@H]3C2)O[C@@H](C)[C@@H]1O[C@@H]1O[C@H](CO[C@@H]2O[C@H](CO)[C@@H](O)[C@H](O)[C@H]2O)[C@@H](O)[C@H](O)[C@H]1O. The molecular weight excluding hydrogens is 808 g/mol. The molecule has 2 unspecified atom stereocenters. The van der Waals surface area contributed by atoms with E-state index in [1.165, 1.54) is 7.11 Å². The maximum atomic E-state index is 13.3. The Morgan fingerprint density at radius 1 is 0.770 bits per heavy atom. The van der Waals surface area contributed by atoms with E-state index in [2.05, 4.69) is 6.92 Å². The number of esters is 1. The van der Waals surface area contributed by atoms with Gasteiger partial charge in [0.25, 0.3) is 0 Å². The highest BCUT2D eigenvalue weighted by molar-refractivity contribution is 5.85. The van der Waals surface area contributed by atoms with Gasteiger partial charge in [0.05, 0.1) is 31.0 Å². The molecule has 19 heteroatoms. The Balaban J connectivity index is 0.887. The number of aldehydes is 1. The fourth-order valence-electron chi connectivity index (χ4n) is 12.9. The molecule has 23 atom stereocenters. The summed E-state index contributed by atoms with van der Waals surface area (Å²) in [5, 5.41) is 96.6. The van der Waals surface area contributed by atoms with Crippen LogP contribution in [0.2, 0.25) is 0 Å². The summed E-state index contributed by atoms with van der Waals surface area (Å²) in [4.78, 5) is 25.3. The summed E-state index contributed by atoms with van der Waals surface area (Å²) in [5.74, 6) is -0.343. The zero-order chi connectivity index (χ0) is 43.8.